The number of benzene rings is 1. The Hall–Kier alpha value is -2.60. The fourth-order valence-corrected chi connectivity index (χ4v) is 2.86. The zero-order chi connectivity index (χ0) is 15.6. The third kappa shape index (κ3) is 2.73. The second kappa shape index (κ2) is 5.89. The highest BCUT2D eigenvalue weighted by Gasteiger charge is 2.26. The second-order valence-electron chi connectivity index (χ2n) is 5.70. The van der Waals surface area contributed by atoms with Crippen LogP contribution < -0.4 is 0 Å². The molecule has 0 saturated carbocycles. The lowest BCUT2D eigenvalue weighted by molar-refractivity contribution is 0.164. The van der Waals surface area contributed by atoms with Gasteiger partial charge in [0.05, 0.1) is 11.7 Å². The molecule has 2 aromatic heterocycles. The summed E-state index contributed by atoms with van der Waals surface area (Å²) in [5.41, 5.74) is 3.25. The van der Waals surface area contributed by atoms with Crippen LogP contribution in [0, 0.1) is 0 Å². The molecule has 116 valence electrons. The Kier molecular flexibility index (Phi) is 3.59. The van der Waals surface area contributed by atoms with Crippen LogP contribution in [0.5, 0.6) is 0 Å². The van der Waals surface area contributed by atoms with Crippen molar-refractivity contribution in [2.45, 2.75) is 25.9 Å². The Morgan fingerprint density at radius 2 is 2.04 bits per heavy atom. The molecule has 4 rings (SSSR count). The van der Waals surface area contributed by atoms with E-state index in [1.54, 1.807) is 6.33 Å². The molecule has 6 heteroatoms. The first-order chi connectivity index (χ1) is 11.3. The number of aromatic nitrogens is 4. The van der Waals surface area contributed by atoms with E-state index in [1.165, 1.54) is 5.56 Å². The summed E-state index contributed by atoms with van der Waals surface area (Å²) in [5, 5.41) is 8.41. The van der Waals surface area contributed by atoms with E-state index in [4.69, 9.17) is 4.42 Å². The van der Waals surface area contributed by atoms with Crippen molar-refractivity contribution in [2.75, 3.05) is 6.54 Å². The molecule has 23 heavy (non-hydrogen) atoms. The van der Waals surface area contributed by atoms with Crippen LogP contribution in [-0.4, -0.2) is 31.6 Å². The molecule has 1 aliphatic heterocycles. The van der Waals surface area contributed by atoms with Crippen molar-refractivity contribution in [3.63, 3.8) is 0 Å². The third-order valence-corrected chi connectivity index (χ3v) is 4.27. The SMILES string of the molecule is C[C@H](c1nnc(-c2ccccc2)o1)N1CCc2cncnc2C1. The van der Waals surface area contributed by atoms with Gasteiger partial charge in [0.25, 0.3) is 0 Å². The molecule has 0 amide bonds. The van der Waals surface area contributed by atoms with Crippen LogP contribution in [-0.2, 0) is 13.0 Å². The molecule has 6 nitrogen and oxygen atoms in total. The zero-order valence-corrected chi connectivity index (χ0v) is 12.9. The molecule has 1 atom stereocenters. The van der Waals surface area contributed by atoms with Crippen molar-refractivity contribution in [1.82, 2.24) is 25.1 Å². The van der Waals surface area contributed by atoms with Gasteiger partial charge in [-0.05, 0) is 31.0 Å². The van der Waals surface area contributed by atoms with Gasteiger partial charge in [0, 0.05) is 24.8 Å². The monoisotopic (exact) mass is 307 g/mol. The quantitative estimate of drug-likeness (QED) is 0.741. The Morgan fingerprint density at radius 3 is 2.91 bits per heavy atom. The summed E-state index contributed by atoms with van der Waals surface area (Å²) in [5.74, 6) is 1.20. The van der Waals surface area contributed by atoms with Gasteiger partial charge in [0.1, 0.15) is 6.33 Å². The molecule has 1 aliphatic rings. The summed E-state index contributed by atoms with van der Waals surface area (Å²) >= 11 is 0. The lowest BCUT2D eigenvalue weighted by Gasteiger charge is -2.30. The Bertz CT molecular complexity index is 802. The van der Waals surface area contributed by atoms with Crippen LogP contribution in [0.15, 0.2) is 47.3 Å². The highest BCUT2D eigenvalue weighted by atomic mass is 16.4. The van der Waals surface area contributed by atoms with Crippen molar-refractivity contribution in [1.29, 1.82) is 0 Å². The molecule has 0 saturated heterocycles. The lowest BCUT2D eigenvalue weighted by Crippen LogP contribution is -2.33. The van der Waals surface area contributed by atoms with Crippen LogP contribution in [0.1, 0.15) is 30.1 Å². The molecule has 3 heterocycles. The molecule has 0 bridgehead atoms. The van der Waals surface area contributed by atoms with Crippen molar-refractivity contribution in [3.05, 3.63) is 60.0 Å². The maximum absolute atomic E-state index is 5.88. The summed E-state index contributed by atoms with van der Waals surface area (Å²) < 4.78 is 5.88. The maximum Gasteiger partial charge on any atom is 0.247 e. The molecule has 0 unspecified atom stereocenters. The lowest BCUT2D eigenvalue weighted by atomic mass is 10.1. The molecule has 0 fully saturated rings. The predicted molar refractivity (Wildman–Crippen MR) is 84.3 cm³/mol. The molecule has 0 N–H and O–H groups in total. The molecule has 3 aromatic rings. The number of nitrogens with zero attached hydrogens (tertiary/aromatic N) is 5. The first kappa shape index (κ1) is 14.0. The summed E-state index contributed by atoms with van der Waals surface area (Å²) in [7, 11) is 0. The van der Waals surface area contributed by atoms with Gasteiger partial charge in [-0.15, -0.1) is 10.2 Å². The molecular formula is C17H17N5O. The van der Waals surface area contributed by atoms with E-state index in [0.717, 1.165) is 30.8 Å². The third-order valence-electron chi connectivity index (χ3n) is 4.27. The van der Waals surface area contributed by atoms with Gasteiger partial charge in [0.15, 0.2) is 0 Å². The van der Waals surface area contributed by atoms with Crippen molar-refractivity contribution in [3.8, 4) is 11.5 Å². The van der Waals surface area contributed by atoms with E-state index >= 15 is 0 Å². The van der Waals surface area contributed by atoms with Gasteiger partial charge >= 0.3 is 0 Å². The van der Waals surface area contributed by atoms with E-state index in [0.29, 0.717) is 11.8 Å². The Balaban J connectivity index is 1.54. The largest absolute Gasteiger partial charge is 0.419 e. The van der Waals surface area contributed by atoms with Crippen LogP contribution in [0.25, 0.3) is 11.5 Å². The standard InChI is InChI=1S/C17H17N5O/c1-12(22-8-7-14-9-18-11-19-15(14)10-22)16-20-21-17(23-16)13-5-3-2-4-6-13/h2-6,9,11-12H,7-8,10H2,1H3/t12-/m1/s1. The Labute approximate surface area is 134 Å². The van der Waals surface area contributed by atoms with E-state index in [9.17, 15) is 0 Å². The highest BCUT2D eigenvalue weighted by molar-refractivity contribution is 5.51. The summed E-state index contributed by atoms with van der Waals surface area (Å²) in [4.78, 5) is 10.8. The molecule has 0 radical (unpaired) electrons. The minimum Gasteiger partial charge on any atom is -0.419 e. The first-order valence-electron chi connectivity index (χ1n) is 7.72. The fraction of sp³-hybridized carbons (Fsp3) is 0.294. The number of fused-ring (bicyclic) bond motifs is 1. The van der Waals surface area contributed by atoms with Crippen molar-refractivity contribution >= 4 is 0 Å². The molecule has 1 aromatic carbocycles. The van der Waals surface area contributed by atoms with E-state index in [2.05, 4.69) is 32.0 Å². The van der Waals surface area contributed by atoms with Crippen molar-refractivity contribution in [2.24, 2.45) is 0 Å². The number of hydrogen-bond acceptors (Lipinski definition) is 6. The van der Waals surface area contributed by atoms with Gasteiger partial charge in [-0.25, -0.2) is 9.97 Å². The smallest absolute Gasteiger partial charge is 0.247 e. The van der Waals surface area contributed by atoms with Gasteiger partial charge < -0.3 is 4.42 Å². The fourth-order valence-electron chi connectivity index (χ4n) is 2.86. The summed E-state index contributed by atoms with van der Waals surface area (Å²) in [6.45, 7) is 3.81. The summed E-state index contributed by atoms with van der Waals surface area (Å²) in [6.07, 6.45) is 4.46. The van der Waals surface area contributed by atoms with Crippen LogP contribution in [0.4, 0.5) is 0 Å². The normalized spacial score (nSPS) is 16.0. The molecule has 0 aliphatic carbocycles. The van der Waals surface area contributed by atoms with E-state index in [1.807, 2.05) is 36.5 Å². The van der Waals surface area contributed by atoms with E-state index in [-0.39, 0.29) is 6.04 Å². The Morgan fingerprint density at radius 1 is 1.17 bits per heavy atom. The number of hydrogen-bond donors (Lipinski definition) is 0. The average Bonchev–Trinajstić information content (AvgIpc) is 3.11. The van der Waals surface area contributed by atoms with Gasteiger partial charge in [-0.1, -0.05) is 18.2 Å². The topological polar surface area (TPSA) is 67.9 Å². The van der Waals surface area contributed by atoms with Crippen molar-refractivity contribution < 1.29 is 4.42 Å². The van der Waals surface area contributed by atoms with Crippen LogP contribution in [0.2, 0.25) is 0 Å². The second-order valence-corrected chi connectivity index (χ2v) is 5.70. The van der Waals surface area contributed by atoms with Gasteiger partial charge in [0.2, 0.25) is 11.8 Å². The molecule has 0 spiro atoms. The predicted octanol–water partition coefficient (Wildman–Crippen LogP) is 2.65. The van der Waals surface area contributed by atoms with Gasteiger partial charge in [-0.2, -0.15) is 0 Å². The minimum atomic E-state index is 0.0584. The number of rotatable bonds is 3. The minimum absolute atomic E-state index is 0.0584. The van der Waals surface area contributed by atoms with Crippen LogP contribution in [0.3, 0.4) is 0 Å². The van der Waals surface area contributed by atoms with Crippen LogP contribution >= 0.6 is 0 Å². The van der Waals surface area contributed by atoms with Gasteiger partial charge in [-0.3, -0.25) is 4.90 Å². The molecular weight excluding hydrogens is 290 g/mol. The zero-order valence-electron chi connectivity index (χ0n) is 12.9. The maximum atomic E-state index is 5.88. The summed E-state index contributed by atoms with van der Waals surface area (Å²) in [6, 6.07) is 9.89. The average molecular weight is 307 g/mol. The van der Waals surface area contributed by atoms with E-state index < -0.39 is 0 Å². The first-order valence-corrected chi connectivity index (χ1v) is 7.72. The highest BCUT2D eigenvalue weighted by Crippen LogP contribution is 2.27.